The van der Waals surface area contributed by atoms with Crippen LogP contribution in [0.2, 0.25) is 0 Å². The van der Waals surface area contributed by atoms with Crippen LogP contribution in [0.3, 0.4) is 0 Å². The number of nitrogens with zero attached hydrogens (tertiary/aromatic N) is 3. The number of hydrogen-bond donors (Lipinski definition) is 0. The van der Waals surface area contributed by atoms with Gasteiger partial charge in [-0.05, 0) is 18.2 Å². The number of carbonyl (C=O) groups excluding carboxylic acids is 1. The molecule has 3 aromatic rings. The number of anilines is 1. The number of thiazole rings is 1. The van der Waals surface area contributed by atoms with Crippen molar-refractivity contribution in [2.24, 2.45) is 0 Å². The molecular weight excluding hydrogens is 462 g/mol. The van der Waals surface area contributed by atoms with Gasteiger partial charge >= 0.3 is 5.97 Å². The van der Waals surface area contributed by atoms with E-state index in [9.17, 15) is 13.2 Å². The van der Waals surface area contributed by atoms with Gasteiger partial charge in [0.05, 0.1) is 35.1 Å². The summed E-state index contributed by atoms with van der Waals surface area (Å²) in [7, 11) is -0.795. The Morgan fingerprint density at radius 2 is 1.88 bits per heavy atom. The van der Waals surface area contributed by atoms with E-state index in [0.717, 1.165) is 14.9 Å². The molecule has 0 unspecified atom stereocenters. The molecule has 0 spiro atoms. The van der Waals surface area contributed by atoms with Crippen LogP contribution in [0.4, 0.5) is 5.69 Å². The molecule has 1 aliphatic rings. The van der Waals surface area contributed by atoms with E-state index in [1.165, 1.54) is 37.6 Å². The largest absolute Gasteiger partial charge is 0.455 e. The van der Waals surface area contributed by atoms with Crippen molar-refractivity contribution in [2.45, 2.75) is 11.5 Å². The lowest BCUT2D eigenvalue weighted by molar-refractivity contribution is 0.0468. The Kier molecular flexibility index (Phi) is 7.08. The number of esters is 1. The highest BCUT2D eigenvalue weighted by molar-refractivity contribution is 7.89. The molecule has 174 valence electrons. The summed E-state index contributed by atoms with van der Waals surface area (Å²) in [5.41, 5.74) is 2.47. The lowest BCUT2D eigenvalue weighted by Gasteiger charge is -2.30. The highest BCUT2D eigenvalue weighted by Gasteiger charge is 2.25. The molecule has 0 bridgehead atoms. The second kappa shape index (κ2) is 10.0. The van der Waals surface area contributed by atoms with E-state index in [2.05, 4.69) is 4.98 Å². The number of sulfonamides is 1. The lowest BCUT2D eigenvalue weighted by Crippen LogP contribution is -2.37. The van der Waals surface area contributed by atoms with Crippen LogP contribution < -0.4 is 4.90 Å². The fourth-order valence-corrected chi connectivity index (χ4v) is 5.17. The van der Waals surface area contributed by atoms with Crippen LogP contribution in [0, 0.1) is 0 Å². The van der Waals surface area contributed by atoms with Crippen molar-refractivity contribution in [1.29, 1.82) is 0 Å². The molecule has 1 aromatic heterocycles. The molecule has 8 nitrogen and oxygen atoms in total. The molecule has 2 aromatic carbocycles. The van der Waals surface area contributed by atoms with E-state index in [4.69, 9.17) is 9.47 Å². The van der Waals surface area contributed by atoms with Crippen LogP contribution in [0.5, 0.6) is 0 Å². The normalized spacial score (nSPS) is 14.5. The summed E-state index contributed by atoms with van der Waals surface area (Å²) < 4.78 is 37.4. The number of morpholine rings is 1. The summed E-state index contributed by atoms with van der Waals surface area (Å²) in [6.45, 7) is 2.27. The third-order valence-electron chi connectivity index (χ3n) is 5.24. The molecular formula is C23H25N3O5S2. The molecule has 0 atom stereocenters. The van der Waals surface area contributed by atoms with Crippen molar-refractivity contribution in [3.63, 3.8) is 0 Å². The average Bonchev–Trinajstić information content (AvgIpc) is 3.32. The zero-order valence-electron chi connectivity index (χ0n) is 18.4. The Hall–Kier alpha value is -2.79. The van der Waals surface area contributed by atoms with Gasteiger partial charge in [0, 0.05) is 38.1 Å². The van der Waals surface area contributed by atoms with Crippen molar-refractivity contribution < 1.29 is 22.7 Å². The van der Waals surface area contributed by atoms with Gasteiger partial charge in [0.1, 0.15) is 11.6 Å². The molecule has 0 radical (unpaired) electrons. The number of hydrogen-bond acceptors (Lipinski definition) is 8. The fraction of sp³-hybridized carbons (Fsp3) is 0.304. The van der Waals surface area contributed by atoms with E-state index in [-0.39, 0.29) is 17.1 Å². The van der Waals surface area contributed by atoms with Gasteiger partial charge in [0.2, 0.25) is 10.0 Å². The minimum absolute atomic E-state index is 0.00459. The van der Waals surface area contributed by atoms with Gasteiger partial charge in [0.15, 0.2) is 0 Å². The van der Waals surface area contributed by atoms with Gasteiger partial charge < -0.3 is 14.4 Å². The molecule has 4 rings (SSSR count). The first-order valence-electron chi connectivity index (χ1n) is 10.4. The Labute approximate surface area is 197 Å². The summed E-state index contributed by atoms with van der Waals surface area (Å²) in [5, 5.41) is 2.69. The van der Waals surface area contributed by atoms with Crippen LogP contribution in [-0.2, 0) is 26.1 Å². The molecule has 1 fully saturated rings. The van der Waals surface area contributed by atoms with E-state index in [1.54, 1.807) is 6.07 Å². The van der Waals surface area contributed by atoms with Gasteiger partial charge in [-0.25, -0.2) is 22.5 Å². The maximum atomic E-state index is 13.1. The third kappa shape index (κ3) is 5.25. The van der Waals surface area contributed by atoms with Gasteiger partial charge in [0.25, 0.3) is 0 Å². The first kappa shape index (κ1) is 23.4. The maximum absolute atomic E-state index is 13.1. The monoisotopic (exact) mass is 487 g/mol. The Morgan fingerprint density at radius 1 is 1.15 bits per heavy atom. The number of benzene rings is 2. The summed E-state index contributed by atoms with van der Waals surface area (Å²) >= 11 is 1.48. The van der Waals surface area contributed by atoms with Gasteiger partial charge in [-0.2, -0.15) is 0 Å². The minimum Gasteiger partial charge on any atom is -0.455 e. The number of ether oxygens (including phenoxy) is 2. The summed E-state index contributed by atoms with van der Waals surface area (Å²) in [5.74, 6) is -0.596. The Balaban J connectivity index is 1.57. The van der Waals surface area contributed by atoms with Crippen LogP contribution in [-0.4, -0.2) is 64.1 Å². The second-order valence-corrected chi connectivity index (χ2v) is 10.7. The lowest BCUT2D eigenvalue weighted by atomic mass is 10.1. The number of aromatic nitrogens is 1. The van der Waals surface area contributed by atoms with Crippen LogP contribution in [0.15, 0.2) is 58.8 Å². The fourth-order valence-electron chi connectivity index (χ4n) is 3.43. The molecule has 0 amide bonds. The first-order chi connectivity index (χ1) is 15.9. The summed E-state index contributed by atoms with van der Waals surface area (Å²) in [6, 6.07) is 14.3. The summed E-state index contributed by atoms with van der Waals surface area (Å²) in [6.07, 6.45) is 0. The standard InChI is InChI=1S/C23H25N3O5S2/c1-25(2)33(28,29)19-8-9-21(26-10-12-30-13-11-26)20(14-19)23(27)31-15-18-16-32-22(24-18)17-6-4-3-5-7-17/h3-9,14,16H,10-13,15H2,1-2H3. The number of rotatable bonds is 7. The van der Waals surface area contributed by atoms with Crippen LogP contribution >= 0.6 is 11.3 Å². The first-order valence-corrected chi connectivity index (χ1v) is 12.7. The topological polar surface area (TPSA) is 89.0 Å². The van der Waals surface area contributed by atoms with E-state index >= 15 is 0 Å². The Morgan fingerprint density at radius 3 is 2.58 bits per heavy atom. The van der Waals surface area contributed by atoms with Crippen LogP contribution in [0.25, 0.3) is 10.6 Å². The van der Waals surface area contributed by atoms with Crippen molar-refractivity contribution in [3.8, 4) is 10.6 Å². The van der Waals surface area contributed by atoms with Crippen molar-refractivity contribution in [3.05, 3.63) is 65.2 Å². The number of carbonyl (C=O) groups is 1. The minimum atomic E-state index is -3.70. The molecule has 0 aliphatic carbocycles. The van der Waals surface area contributed by atoms with Crippen molar-refractivity contribution in [2.75, 3.05) is 45.3 Å². The van der Waals surface area contributed by atoms with E-state index in [0.29, 0.717) is 37.7 Å². The maximum Gasteiger partial charge on any atom is 0.340 e. The van der Waals surface area contributed by atoms with Crippen LogP contribution in [0.1, 0.15) is 16.1 Å². The van der Waals surface area contributed by atoms with Gasteiger partial charge in [-0.15, -0.1) is 11.3 Å². The molecule has 10 heteroatoms. The smallest absolute Gasteiger partial charge is 0.340 e. The third-order valence-corrected chi connectivity index (χ3v) is 7.99. The molecule has 0 N–H and O–H groups in total. The molecule has 0 saturated carbocycles. The predicted octanol–water partition coefficient (Wildman–Crippen LogP) is 3.25. The summed E-state index contributed by atoms with van der Waals surface area (Å²) in [4.78, 5) is 19.7. The molecule has 33 heavy (non-hydrogen) atoms. The highest BCUT2D eigenvalue weighted by atomic mass is 32.2. The second-order valence-electron chi connectivity index (χ2n) is 7.65. The average molecular weight is 488 g/mol. The zero-order chi connectivity index (χ0) is 23.4. The molecule has 1 saturated heterocycles. The zero-order valence-corrected chi connectivity index (χ0v) is 20.1. The van der Waals surface area contributed by atoms with Crippen molar-refractivity contribution in [1.82, 2.24) is 9.29 Å². The molecule has 1 aliphatic heterocycles. The van der Waals surface area contributed by atoms with Gasteiger partial charge in [-0.1, -0.05) is 30.3 Å². The SMILES string of the molecule is CN(C)S(=O)(=O)c1ccc(N2CCOCC2)c(C(=O)OCc2csc(-c3ccccc3)n2)c1. The van der Waals surface area contributed by atoms with Crippen molar-refractivity contribution >= 4 is 33.0 Å². The van der Waals surface area contributed by atoms with Gasteiger partial charge in [-0.3, -0.25) is 0 Å². The quantitative estimate of drug-likeness (QED) is 0.473. The Bertz CT molecular complexity index is 1220. The van der Waals surface area contributed by atoms with E-state index in [1.807, 2.05) is 40.6 Å². The highest BCUT2D eigenvalue weighted by Crippen LogP contribution is 2.28. The predicted molar refractivity (Wildman–Crippen MR) is 127 cm³/mol. The molecule has 2 heterocycles. The van der Waals surface area contributed by atoms with E-state index < -0.39 is 16.0 Å².